The van der Waals surface area contributed by atoms with Crippen molar-refractivity contribution in [1.82, 2.24) is 0 Å². The van der Waals surface area contributed by atoms with Gasteiger partial charge in [-0.1, -0.05) is 0 Å². The van der Waals surface area contributed by atoms with E-state index in [2.05, 4.69) is 0 Å². The minimum Gasteiger partial charge on any atom is -0.504 e. The molecule has 124 valence electrons. The first-order chi connectivity index (χ1) is 11.1. The third kappa shape index (κ3) is 3.69. The molecule has 0 bridgehead atoms. The summed E-state index contributed by atoms with van der Waals surface area (Å²) in [6.07, 6.45) is 0.790. The SMILES string of the molecule is COCCOCCc1cc2cc(OC)c(O)c(C=O)c2oc1=O. The van der Waals surface area contributed by atoms with Crippen molar-refractivity contribution in [3.05, 3.63) is 33.7 Å². The van der Waals surface area contributed by atoms with Gasteiger partial charge in [0.15, 0.2) is 23.4 Å². The number of ether oxygens (including phenoxy) is 3. The summed E-state index contributed by atoms with van der Waals surface area (Å²) in [6.45, 7) is 1.26. The van der Waals surface area contributed by atoms with E-state index in [1.165, 1.54) is 13.2 Å². The molecular formula is C16H18O7. The number of carbonyl (C=O) groups is 1. The van der Waals surface area contributed by atoms with Crippen molar-refractivity contribution in [1.29, 1.82) is 0 Å². The number of phenolic OH excluding ortho intramolecular Hbond substituents is 1. The Bertz CT molecular complexity index is 748. The van der Waals surface area contributed by atoms with E-state index in [0.29, 0.717) is 43.5 Å². The Morgan fingerprint density at radius 2 is 2.00 bits per heavy atom. The van der Waals surface area contributed by atoms with Crippen molar-refractivity contribution in [3.63, 3.8) is 0 Å². The van der Waals surface area contributed by atoms with Crippen LogP contribution in [-0.2, 0) is 15.9 Å². The predicted octanol–water partition coefficient (Wildman–Crippen LogP) is 1.53. The Morgan fingerprint density at radius 3 is 2.65 bits per heavy atom. The smallest absolute Gasteiger partial charge is 0.339 e. The molecule has 0 radical (unpaired) electrons. The number of rotatable bonds is 8. The second-order valence-corrected chi connectivity index (χ2v) is 4.79. The molecule has 0 aliphatic heterocycles. The number of hydrogen-bond acceptors (Lipinski definition) is 7. The molecule has 0 unspecified atom stereocenters. The van der Waals surface area contributed by atoms with Gasteiger partial charge in [0.25, 0.3) is 0 Å². The van der Waals surface area contributed by atoms with Gasteiger partial charge in [0, 0.05) is 24.5 Å². The van der Waals surface area contributed by atoms with Crippen molar-refractivity contribution in [2.45, 2.75) is 6.42 Å². The number of methoxy groups -OCH3 is 2. The number of carbonyl (C=O) groups excluding carboxylic acids is 1. The van der Waals surface area contributed by atoms with Gasteiger partial charge in [-0.05, 0) is 12.1 Å². The van der Waals surface area contributed by atoms with Crippen LogP contribution in [0.3, 0.4) is 0 Å². The molecular weight excluding hydrogens is 304 g/mol. The molecule has 0 amide bonds. The van der Waals surface area contributed by atoms with Gasteiger partial charge < -0.3 is 23.7 Å². The summed E-state index contributed by atoms with van der Waals surface area (Å²) in [5, 5.41) is 10.4. The highest BCUT2D eigenvalue weighted by atomic mass is 16.5. The molecule has 0 atom stereocenters. The Labute approximate surface area is 132 Å². The quantitative estimate of drug-likeness (QED) is 0.447. The Kier molecular flexibility index (Phi) is 5.72. The van der Waals surface area contributed by atoms with Gasteiger partial charge in [-0.25, -0.2) is 4.79 Å². The maximum atomic E-state index is 12.0. The zero-order valence-corrected chi connectivity index (χ0v) is 13.0. The molecule has 0 saturated carbocycles. The molecule has 0 aliphatic rings. The molecule has 0 fully saturated rings. The van der Waals surface area contributed by atoms with Crippen LogP contribution in [0.1, 0.15) is 15.9 Å². The summed E-state index contributed by atoms with van der Waals surface area (Å²) in [7, 11) is 2.95. The fraction of sp³-hybridized carbons (Fsp3) is 0.375. The zero-order valence-electron chi connectivity index (χ0n) is 13.0. The number of aromatic hydroxyl groups is 1. The summed E-state index contributed by atoms with van der Waals surface area (Å²) >= 11 is 0. The molecule has 1 N–H and O–H groups in total. The van der Waals surface area contributed by atoms with Crippen LogP contribution in [-0.4, -0.2) is 45.4 Å². The molecule has 1 aromatic heterocycles. The third-order valence-corrected chi connectivity index (χ3v) is 3.35. The molecule has 1 aromatic carbocycles. The van der Waals surface area contributed by atoms with Gasteiger partial charge in [-0.2, -0.15) is 0 Å². The third-order valence-electron chi connectivity index (χ3n) is 3.35. The normalized spacial score (nSPS) is 10.9. The van der Waals surface area contributed by atoms with Crippen molar-refractivity contribution in [2.24, 2.45) is 0 Å². The topological polar surface area (TPSA) is 95.2 Å². The highest BCUT2D eigenvalue weighted by molar-refractivity contribution is 5.99. The standard InChI is InChI=1S/C16H18O7/c1-20-5-6-22-4-3-10-7-11-8-13(21-2)14(18)12(9-17)15(11)23-16(10)19/h7-9,18H,3-6H2,1-2H3. The van der Waals surface area contributed by atoms with E-state index in [4.69, 9.17) is 18.6 Å². The molecule has 1 heterocycles. The van der Waals surface area contributed by atoms with Gasteiger partial charge in [-0.3, -0.25) is 4.79 Å². The van der Waals surface area contributed by atoms with Crippen LogP contribution in [0.25, 0.3) is 11.0 Å². The van der Waals surface area contributed by atoms with Crippen LogP contribution in [0.2, 0.25) is 0 Å². The highest BCUT2D eigenvalue weighted by Gasteiger charge is 2.17. The van der Waals surface area contributed by atoms with Crippen LogP contribution in [0.15, 0.2) is 21.3 Å². The second-order valence-electron chi connectivity index (χ2n) is 4.79. The molecule has 7 nitrogen and oxygen atoms in total. The number of phenols is 1. The predicted molar refractivity (Wildman–Crippen MR) is 82.5 cm³/mol. The van der Waals surface area contributed by atoms with Crippen molar-refractivity contribution < 1.29 is 28.5 Å². The lowest BCUT2D eigenvalue weighted by atomic mass is 10.1. The summed E-state index contributed by atoms with van der Waals surface area (Å²) in [5.41, 5.74) is -0.230. The van der Waals surface area contributed by atoms with Crippen molar-refractivity contribution >= 4 is 17.3 Å². The van der Waals surface area contributed by atoms with E-state index in [-0.39, 0.29) is 22.6 Å². The Hall–Kier alpha value is -2.38. The fourth-order valence-electron chi connectivity index (χ4n) is 2.16. The fourth-order valence-corrected chi connectivity index (χ4v) is 2.16. The molecule has 0 saturated heterocycles. The number of aldehydes is 1. The van der Waals surface area contributed by atoms with Gasteiger partial charge in [0.05, 0.1) is 26.9 Å². The van der Waals surface area contributed by atoms with Crippen LogP contribution in [0, 0.1) is 0 Å². The van der Waals surface area contributed by atoms with Crippen LogP contribution in [0.5, 0.6) is 11.5 Å². The average molecular weight is 322 g/mol. The van der Waals surface area contributed by atoms with E-state index < -0.39 is 5.63 Å². The zero-order chi connectivity index (χ0) is 16.8. The molecule has 7 heteroatoms. The van der Waals surface area contributed by atoms with Crippen LogP contribution in [0.4, 0.5) is 0 Å². The summed E-state index contributed by atoms with van der Waals surface area (Å²) in [4.78, 5) is 23.2. The van der Waals surface area contributed by atoms with E-state index in [0.717, 1.165) is 0 Å². The monoisotopic (exact) mass is 322 g/mol. The van der Waals surface area contributed by atoms with Crippen LogP contribution < -0.4 is 10.4 Å². The average Bonchev–Trinajstić information content (AvgIpc) is 2.55. The van der Waals surface area contributed by atoms with Crippen molar-refractivity contribution in [2.75, 3.05) is 34.0 Å². The lowest BCUT2D eigenvalue weighted by Gasteiger charge is -2.09. The Morgan fingerprint density at radius 1 is 1.22 bits per heavy atom. The number of benzene rings is 1. The van der Waals surface area contributed by atoms with Gasteiger partial charge in [0.1, 0.15) is 5.56 Å². The van der Waals surface area contributed by atoms with Gasteiger partial charge >= 0.3 is 5.63 Å². The largest absolute Gasteiger partial charge is 0.504 e. The first-order valence-corrected chi connectivity index (χ1v) is 7.01. The molecule has 2 rings (SSSR count). The van der Waals surface area contributed by atoms with E-state index in [9.17, 15) is 14.7 Å². The van der Waals surface area contributed by atoms with E-state index in [1.54, 1.807) is 13.2 Å². The Balaban J connectivity index is 2.35. The van der Waals surface area contributed by atoms with Gasteiger partial charge in [-0.15, -0.1) is 0 Å². The van der Waals surface area contributed by atoms with Crippen LogP contribution >= 0.6 is 0 Å². The minimum atomic E-state index is -0.569. The lowest BCUT2D eigenvalue weighted by Crippen LogP contribution is -2.12. The summed E-state index contributed by atoms with van der Waals surface area (Å²) in [5.74, 6) is -0.218. The lowest BCUT2D eigenvalue weighted by molar-refractivity contribution is 0.0720. The molecule has 0 spiro atoms. The van der Waals surface area contributed by atoms with E-state index >= 15 is 0 Å². The van der Waals surface area contributed by atoms with E-state index in [1.807, 2.05) is 0 Å². The summed E-state index contributed by atoms with van der Waals surface area (Å²) in [6, 6.07) is 3.12. The summed E-state index contributed by atoms with van der Waals surface area (Å²) < 4.78 is 20.4. The first-order valence-electron chi connectivity index (χ1n) is 7.01. The first kappa shape index (κ1) is 17.0. The minimum absolute atomic E-state index is 0.0346. The number of hydrogen-bond donors (Lipinski definition) is 1. The maximum Gasteiger partial charge on any atom is 0.339 e. The highest BCUT2D eigenvalue weighted by Crippen LogP contribution is 2.35. The number of fused-ring (bicyclic) bond motifs is 1. The maximum absolute atomic E-state index is 12.0. The van der Waals surface area contributed by atoms with Gasteiger partial charge in [0.2, 0.25) is 0 Å². The second kappa shape index (κ2) is 7.75. The molecule has 2 aromatic rings. The van der Waals surface area contributed by atoms with Crippen molar-refractivity contribution in [3.8, 4) is 11.5 Å². The molecule has 0 aliphatic carbocycles. The molecule has 23 heavy (non-hydrogen) atoms.